The van der Waals surface area contributed by atoms with Crippen molar-refractivity contribution in [2.24, 2.45) is 5.92 Å². The van der Waals surface area contributed by atoms with Crippen LogP contribution in [0.5, 0.6) is 0 Å². The van der Waals surface area contributed by atoms with E-state index in [-0.39, 0.29) is 0 Å². The van der Waals surface area contributed by atoms with Gasteiger partial charge in [-0.05, 0) is 51.1 Å². The highest BCUT2D eigenvalue weighted by molar-refractivity contribution is 4.76. The van der Waals surface area contributed by atoms with Crippen molar-refractivity contribution in [2.75, 3.05) is 52.5 Å². The molecule has 3 fully saturated rings. The minimum absolute atomic E-state index is 0.498. The fourth-order valence-corrected chi connectivity index (χ4v) is 4.37. The molecule has 4 nitrogen and oxygen atoms in total. The lowest BCUT2D eigenvalue weighted by molar-refractivity contribution is -0.0135. The fourth-order valence-electron chi connectivity index (χ4n) is 4.37. The second-order valence-electron chi connectivity index (χ2n) is 7.80. The lowest BCUT2D eigenvalue weighted by Crippen LogP contribution is -2.37. The van der Waals surface area contributed by atoms with Crippen LogP contribution in [-0.4, -0.2) is 74.5 Å². The monoisotopic (exact) mass is 324 g/mol. The van der Waals surface area contributed by atoms with Crippen molar-refractivity contribution >= 4 is 0 Å². The van der Waals surface area contributed by atoms with Crippen molar-refractivity contribution in [1.29, 1.82) is 0 Å². The van der Waals surface area contributed by atoms with Crippen molar-refractivity contribution < 1.29 is 9.47 Å². The molecule has 0 aromatic heterocycles. The molecule has 4 heteroatoms. The van der Waals surface area contributed by atoms with Crippen molar-refractivity contribution in [1.82, 2.24) is 9.80 Å². The zero-order valence-electron chi connectivity index (χ0n) is 15.0. The molecule has 3 aliphatic rings. The normalized spacial score (nSPS) is 34.6. The number of hydrogen-bond acceptors (Lipinski definition) is 4. The molecule has 0 unspecified atom stereocenters. The zero-order chi connectivity index (χ0) is 15.9. The van der Waals surface area contributed by atoms with Gasteiger partial charge in [-0.1, -0.05) is 19.8 Å². The van der Waals surface area contributed by atoms with E-state index in [2.05, 4.69) is 16.7 Å². The summed E-state index contributed by atoms with van der Waals surface area (Å²) in [5, 5.41) is 0. The second kappa shape index (κ2) is 9.36. The molecule has 0 spiro atoms. The highest BCUT2D eigenvalue weighted by Crippen LogP contribution is 2.26. The Kier molecular flexibility index (Phi) is 7.18. The van der Waals surface area contributed by atoms with Gasteiger partial charge in [0, 0.05) is 32.8 Å². The average molecular weight is 325 g/mol. The van der Waals surface area contributed by atoms with Gasteiger partial charge in [-0.2, -0.15) is 0 Å². The van der Waals surface area contributed by atoms with Gasteiger partial charge in [0.15, 0.2) is 0 Å². The number of rotatable bonds is 6. The molecule has 2 saturated heterocycles. The van der Waals surface area contributed by atoms with Gasteiger partial charge in [0.1, 0.15) is 0 Å². The van der Waals surface area contributed by atoms with Gasteiger partial charge < -0.3 is 9.47 Å². The molecule has 0 radical (unpaired) electrons. The maximum absolute atomic E-state index is 6.20. The fraction of sp³-hybridized carbons (Fsp3) is 1.00. The summed E-state index contributed by atoms with van der Waals surface area (Å²) in [5.74, 6) is 0.759. The molecular formula is C19H36N2O2. The molecular weight excluding hydrogens is 288 g/mol. The van der Waals surface area contributed by atoms with Gasteiger partial charge in [0.25, 0.3) is 0 Å². The van der Waals surface area contributed by atoms with E-state index in [1.54, 1.807) is 0 Å². The van der Waals surface area contributed by atoms with Crippen LogP contribution >= 0.6 is 0 Å². The standard InChI is InChI=1S/C19H36N2O2/c1-17-6-2-3-8-19(17)23-15-13-20-9-5-10-21(12-11-20)16-18-7-4-14-22-18/h17-19H,2-16H2,1H3/t17-,18+,19-/m1/s1. The molecule has 0 N–H and O–H groups in total. The molecule has 2 aliphatic heterocycles. The SMILES string of the molecule is C[C@@H]1CCCC[C@H]1OCCN1CCCN(C[C@@H]2CCCO2)CC1. The first-order valence-electron chi connectivity index (χ1n) is 9.99. The van der Waals surface area contributed by atoms with E-state index in [9.17, 15) is 0 Å². The summed E-state index contributed by atoms with van der Waals surface area (Å²) in [6.45, 7) is 11.3. The Morgan fingerprint density at radius 2 is 1.74 bits per heavy atom. The van der Waals surface area contributed by atoms with Gasteiger partial charge in [-0.3, -0.25) is 9.80 Å². The molecule has 1 saturated carbocycles. The first-order valence-corrected chi connectivity index (χ1v) is 9.99. The second-order valence-corrected chi connectivity index (χ2v) is 7.80. The molecule has 0 bridgehead atoms. The summed E-state index contributed by atoms with van der Waals surface area (Å²) in [4.78, 5) is 5.21. The van der Waals surface area contributed by atoms with Gasteiger partial charge in [-0.15, -0.1) is 0 Å². The Labute approximate surface area is 142 Å². The quantitative estimate of drug-likeness (QED) is 0.750. The molecule has 23 heavy (non-hydrogen) atoms. The van der Waals surface area contributed by atoms with Crippen molar-refractivity contribution in [2.45, 2.75) is 64.1 Å². The molecule has 1 aliphatic carbocycles. The number of ether oxygens (including phenoxy) is 2. The Morgan fingerprint density at radius 1 is 0.913 bits per heavy atom. The Balaban J connectivity index is 1.31. The third-order valence-electron chi connectivity index (χ3n) is 5.94. The Bertz CT molecular complexity index is 333. The third kappa shape index (κ3) is 5.70. The minimum atomic E-state index is 0.498. The molecule has 2 heterocycles. The van der Waals surface area contributed by atoms with Crippen LogP contribution in [0.3, 0.4) is 0 Å². The third-order valence-corrected chi connectivity index (χ3v) is 5.94. The van der Waals surface area contributed by atoms with Crippen LogP contribution in [0.1, 0.15) is 51.9 Å². The summed E-state index contributed by atoms with van der Waals surface area (Å²) >= 11 is 0. The summed E-state index contributed by atoms with van der Waals surface area (Å²) in [7, 11) is 0. The Hall–Kier alpha value is -0.160. The van der Waals surface area contributed by atoms with E-state index in [0.717, 1.165) is 32.2 Å². The van der Waals surface area contributed by atoms with Crippen LogP contribution in [0.25, 0.3) is 0 Å². The lowest BCUT2D eigenvalue weighted by Gasteiger charge is -2.30. The zero-order valence-corrected chi connectivity index (χ0v) is 15.0. The van der Waals surface area contributed by atoms with Crippen LogP contribution in [-0.2, 0) is 9.47 Å². The van der Waals surface area contributed by atoms with Gasteiger partial charge >= 0.3 is 0 Å². The number of nitrogens with zero attached hydrogens (tertiary/aromatic N) is 2. The molecule has 0 aromatic carbocycles. The highest BCUT2D eigenvalue weighted by Gasteiger charge is 2.23. The van der Waals surface area contributed by atoms with E-state index in [4.69, 9.17) is 9.47 Å². The maximum Gasteiger partial charge on any atom is 0.0702 e. The average Bonchev–Trinajstić information content (AvgIpc) is 2.96. The van der Waals surface area contributed by atoms with E-state index < -0.39 is 0 Å². The summed E-state index contributed by atoms with van der Waals surface area (Å²) in [6.07, 6.45) is 10.2. The first kappa shape index (κ1) is 17.7. The van der Waals surface area contributed by atoms with E-state index >= 15 is 0 Å². The molecule has 134 valence electrons. The summed E-state index contributed by atoms with van der Waals surface area (Å²) in [5.41, 5.74) is 0. The summed E-state index contributed by atoms with van der Waals surface area (Å²) < 4.78 is 12.0. The van der Waals surface area contributed by atoms with Crippen LogP contribution in [0.2, 0.25) is 0 Å². The van der Waals surface area contributed by atoms with Crippen LogP contribution in [0, 0.1) is 5.92 Å². The molecule has 0 aromatic rings. The van der Waals surface area contributed by atoms with Crippen LogP contribution in [0.15, 0.2) is 0 Å². The smallest absolute Gasteiger partial charge is 0.0702 e. The maximum atomic E-state index is 6.20. The van der Waals surface area contributed by atoms with Gasteiger partial charge in [0.05, 0.1) is 18.8 Å². The van der Waals surface area contributed by atoms with E-state index in [1.807, 2.05) is 0 Å². The minimum Gasteiger partial charge on any atom is -0.377 e. The first-order chi connectivity index (χ1) is 11.3. The van der Waals surface area contributed by atoms with E-state index in [1.165, 1.54) is 71.1 Å². The predicted molar refractivity (Wildman–Crippen MR) is 93.8 cm³/mol. The van der Waals surface area contributed by atoms with Crippen molar-refractivity contribution in [3.63, 3.8) is 0 Å². The lowest BCUT2D eigenvalue weighted by atomic mass is 9.88. The Morgan fingerprint density at radius 3 is 2.57 bits per heavy atom. The molecule has 0 amide bonds. The van der Waals surface area contributed by atoms with Crippen molar-refractivity contribution in [3.8, 4) is 0 Å². The molecule has 3 atom stereocenters. The van der Waals surface area contributed by atoms with E-state index in [0.29, 0.717) is 12.2 Å². The van der Waals surface area contributed by atoms with Gasteiger partial charge in [-0.25, -0.2) is 0 Å². The van der Waals surface area contributed by atoms with Gasteiger partial charge in [0.2, 0.25) is 0 Å². The highest BCUT2D eigenvalue weighted by atomic mass is 16.5. The summed E-state index contributed by atoms with van der Waals surface area (Å²) in [6, 6.07) is 0. The van der Waals surface area contributed by atoms with Crippen LogP contribution < -0.4 is 0 Å². The van der Waals surface area contributed by atoms with Crippen molar-refractivity contribution in [3.05, 3.63) is 0 Å². The predicted octanol–water partition coefficient (Wildman–Crippen LogP) is 2.77. The molecule has 3 rings (SSSR count). The number of hydrogen-bond donors (Lipinski definition) is 0. The topological polar surface area (TPSA) is 24.9 Å². The van der Waals surface area contributed by atoms with Crippen LogP contribution in [0.4, 0.5) is 0 Å². The largest absolute Gasteiger partial charge is 0.377 e.